The maximum atomic E-state index is 9.41. The van der Waals surface area contributed by atoms with Crippen molar-refractivity contribution in [3.8, 4) is 0 Å². The SMILES string of the molecule is O.O=C([O-])/C=C/C(=O)[O-].[Ca+2]. The second-order valence-corrected chi connectivity index (χ2v) is 0.971. The smallest absolute Gasteiger partial charge is 0.545 e. The maximum Gasteiger partial charge on any atom is 2.00 e. The van der Waals surface area contributed by atoms with Gasteiger partial charge in [0.25, 0.3) is 0 Å². The van der Waals surface area contributed by atoms with Crippen molar-refractivity contribution in [1.82, 2.24) is 0 Å². The van der Waals surface area contributed by atoms with Gasteiger partial charge in [0.1, 0.15) is 0 Å². The van der Waals surface area contributed by atoms with Gasteiger partial charge in [-0.3, -0.25) is 0 Å². The molecule has 10 heavy (non-hydrogen) atoms. The van der Waals surface area contributed by atoms with Crippen LogP contribution in [-0.2, 0) is 9.59 Å². The minimum Gasteiger partial charge on any atom is -0.545 e. The molecule has 2 N–H and O–H groups in total. The second-order valence-electron chi connectivity index (χ2n) is 0.971. The van der Waals surface area contributed by atoms with Crippen LogP contribution in [0.15, 0.2) is 12.2 Å². The van der Waals surface area contributed by atoms with Crippen LogP contribution in [0.2, 0.25) is 0 Å². The molecule has 0 bridgehead atoms. The molecule has 6 heteroatoms. The third-order valence-corrected chi connectivity index (χ3v) is 0.355. The largest absolute Gasteiger partial charge is 2.00 e. The summed E-state index contributed by atoms with van der Waals surface area (Å²) in [6.07, 6.45) is 0.769. The fourth-order valence-electron chi connectivity index (χ4n) is 0.136. The number of carbonyl (C=O) groups excluding carboxylic acids is 2. The molecule has 0 aliphatic heterocycles. The molecular weight excluding hydrogens is 168 g/mol. The topological polar surface area (TPSA) is 112 Å². The Morgan fingerprint density at radius 1 is 1.00 bits per heavy atom. The van der Waals surface area contributed by atoms with E-state index in [-0.39, 0.29) is 43.2 Å². The average molecular weight is 172 g/mol. The molecule has 0 unspecified atom stereocenters. The van der Waals surface area contributed by atoms with Crippen LogP contribution < -0.4 is 10.2 Å². The van der Waals surface area contributed by atoms with E-state index in [9.17, 15) is 19.8 Å². The fraction of sp³-hybridized carbons (Fsp3) is 0. The zero-order valence-electron chi connectivity index (χ0n) is 4.99. The summed E-state index contributed by atoms with van der Waals surface area (Å²) in [5.41, 5.74) is 0. The van der Waals surface area contributed by atoms with E-state index in [1.54, 1.807) is 0 Å². The van der Waals surface area contributed by atoms with Crippen molar-refractivity contribution >= 4 is 49.7 Å². The molecule has 0 atom stereocenters. The van der Waals surface area contributed by atoms with Gasteiger partial charge in [0.2, 0.25) is 0 Å². The molecular formula is C4H4CaO5. The number of carboxylic acid groups (broad SMARTS) is 2. The van der Waals surface area contributed by atoms with Gasteiger partial charge < -0.3 is 25.3 Å². The monoisotopic (exact) mass is 172 g/mol. The minimum atomic E-state index is -1.55. The van der Waals surface area contributed by atoms with Gasteiger partial charge in [0, 0.05) is 0 Å². The van der Waals surface area contributed by atoms with Crippen molar-refractivity contribution in [2.75, 3.05) is 0 Å². The Labute approximate surface area is 86.7 Å². The quantitative estimate of drug-likeness (QED) is 0.310. The summed E-state index contributed by atoms with van der Waals surface area (Å²) >= 11 is 0. The number of rotatable bonds is 2. The zero-order chi connectivity index (χ0) is 6.57. The molecule has 0 amide bonds. The molecule has 0 radical (unpaired) electrons. The molecule has 0 aromatic carbocycles. The van der Waals surface area contributed by atoms with Crippen LogP contribution in [0.1, 0.15) is 0 Å². The average Bonchev–Trinajstić information content (AvgIpc) is 1.61. The molecule has 5 nitrogen and oxygen atoms in total. The first-order chi connectivity index (χ1) is 3.63. The van der Waals surface area contributed by atoms with Gasteiger partial charge in [-0.05, 0) is 12.2 Å². The van der Waals surface area contributed by atoms with Gasteiger partial charge in [-0.25, -0.2) is 0 Å². The summed E-state index contributed by atoms with van der Waals surface area (Å²) in [7, 11) is 0. The van der Waals surface area contributed by atoms with Crippen molar-refractivity contribution < 1.29 is 25.3 Å². The van der Waals surface area contributed by atoms with Gasteiger partial charge in [-0.1, -0.05) is 0 Å². The Morgan fingerprint density at radius 3 is 1.30 bits per heavy atom. The molecule has 0 heterocycles. The molecule has 0 rings (SSSR count). The van der Waals surface area contributed by atoms with Crippen LogP contribution in [0.5, 0.6) is 0 Å². The molecule has 0 aromatic rings. The fourth-order valence-corrected chi connectivity index (χ4v) is 0.136. The Balaban J connectivity index is -0.000000245. The van der Waals surface area contributed by atoms with Crippen LogP contribution in [0.25, 0.3) is 0 Å². The van der Waals surface area contributed by atoms with Crippen LogP contribution in [0.4, 0.5) is 0 Å². The van der Waals surface area contributed by atoms with Crippen molar-refractivity contribution in [1.29, 1.82) is 0 Å². The van der Waals surface area contributed by atoms with Crippen molar-refractivity contribution in [2.45, 2.75) is 0 Å². The number of carbonyl (C=O) groups is 2. The van der Waals surface area contributed by atoms with Crippen LogP contribution >= 0.6 is 0 Å². The minimum absolute atomic E-state index is 0. The summed E-state index contributed by atoms with van der Waals surface area (Å²) < 4.78 is 0. The molecule has 0 aliphatic carbocycles. The summed E-state index contributed by atoms with van der Waals surface area (Å²) in [4.78, 5) is 18.8. The van der Waals surface area contributed by atoms with E-state index in [1.165, 1.54) is 0 Å². The molecule has 0 saturated carbocycles. The van der Waals surface area contributed by atoms with E-state index in [4.69, 9.17) is 0 Å². The third-order valence-electron chi connectivity index (χ3n) is 0.355. The van der Waals surface area contributed by atoms with E-state index in [0.29, 0.717) is 12.2 Å². The summed E-state index contributed by atoms with van der Waals surface area (Å²) in [6, 6.07) is 0. The predicted octanol–water partition coefficient (Wildman–Crippen LogP) is -4.16. The number of aliphatic carboxylic acids is 2. The molecule has 0 aromatic heterocycles. The van der Waals surface area contributed by atoms with Crippen molar-refractivity contribution in [3.05, 3.63) is 12.2 Å². The normalized spacial score (nSPS) is 7.60. The summed E-state index contributed by atoms with van der Waals surface area (Å²) in [6.45, 7) is 0. The van der Waals surface area contributed by atoms with Gasteiger partial charge in [-0.2, -0.15) is 0 Å². The first-order valence-corrected chi connectivity index (χ1v) is 1.73. The van der Waals surface area contributed by atoms with Gasteiger partial charge in [-0.15, -0.1) is 0 Å². The second kappa shape index (κ2) is 8.90. The van der Waals surface area contributed by atoms with E-state index in [0.717, 1.165) is 0 Å². The van der Waals surface area contributed by atoms with Crippen molar-refractivity contribution in [2.24, 2.45) is 0 Å². The molecule has 0 fully saturated rings. The van der Waals surface area contributed by atoms with Gasteiger partial charge in [0.05, 0.1) is 11.9 Å². The van der Waals surface area contributed by atoms with Crippen LogP contribution in [-0.4, -0.2) is 55.2 Å². The van der Waals surface area contributed by atoms with Crippen LogP contribution in [0, 0.1) is 0 Å². The molecule has 0 aliphatic rings. The Morgan fingerprint density at radius 2 is 1.20 bits per heavy atom. The van der Waals surface area contributed by atoms with Crippen LogP contribution in [0.3, 0.4) is 0 Å². The number of carboxylic acids is 2. The summed E-state index contributed by atoms with van der Waals surface area (Å²) in [5.74, 6) is -3.09. The Bertz CT molecular complexity index is 125. The standard InChI is InChI=1S/C4H4O4.Ca.H2O/c5-3(6)1-2-4(7)8;;/h1-2H,(H,5,6)(H,7,8);;1H2/q;+2;/p-2/b2-1+;;. The van der Waals surface area contributed by atoms with Gasteiger partial charge >= 0.3 is 37.7 Å². The maximum absolute atomic E-state index is 9.41. The Hall–Kier alpha value is -0.100. The van der Waals surface area contributed by atoms with Gasteiger partial charge in [0.15, 0.2) is 0 Å². The van der Waals surface area contributed by atoms with Crippen molar-refractivity contribution in [3.63, 3.8) is 0 Å². The Kier molecular flexibility index (Phi) is 14.7. The molecule has 0 spiro atoms. The molecule has 52 valence electrons. The first kappa shape index (κ1) is 16.5. The van der Waals surface area contributed by atoms with E-state index >= 15 is 0 Å². The first-order valence-electron chi connectivity index (χ1n) is 1.73. The number of hydrogen-bond donors (Lipinski definition) is 0. The number of hydrogen-bond acceptors (Lipinski definition) is 4. The van der Waals surface area contributed by atoms with E-state index < -0.39 is 11.9 Å². The van der Waals surface area contributed by atoms with E-state index in [1.807, 2.05) is 0 Å². The summed E-state index contributed by atoms with van der Waals surface area (Å²) in [5, 5.41) is 18.8. The predicted molar refractivity (Wildman–Crippen MR) is 28.5 cm³/mol. The third kappa shape index (κ3) is 15.7. The van der Waals surface area contributed by atoms with E-state index in [2.05, 4.69) is 0 Å². The zero-order valence-corrected chi connectivity index (χ0v) is 7.20. The molecule has 0 saturated heterocycles.